The minimum Gasteiger partial charge on any atom is -0.346 e. The molecule has 0 spiro atoms. The highest BCUT2D eigenvalue weighted by Crippen LogP contribution is 2.32. The van der Waals surface area contributed by atoms with Gasteiger partial charge in [0, 0.05) is 14.3 Å². The Hall–Kier alpha value is 0.130. The molecular weight excluding hydrogens is 426 g/mol. The van der Waals surface area contributed by atoms with Gasteiger partial charge >= 0.3 is 0 Å². The Morgan fingerprint density at radius 3 is 2.56 bits per heavy atom. The van der Waals surface area contributed by atoms with Crippen LogP contribution in [0.1, 0.15) is 36.0 Å². The normalized spacial score (nSPS) is 17.7. The third-order valence-electron chi connectivity index (χ3n) is 3.37. The standard InChI is InChI=1S/C13H14Br3NO/c14-8-13(5-1-2-6-13)17-12(18)10-7-9(15)3-4-11(10)16/h3-4,7H,1-2,5-6,8H2,(H,17,18). The number of amides is 1. The molecule has 0 aliphatic heterocycles. The van der Waals surface area contributed by atoms with Gasteiger partial charge in [0.05, 0.1) is 11.1 Å². The van der Waals surface area contributed by atoms with Crippen LogP contribution in [0.2, 0.25) is 0 Å². The van der Waals surface area contributed by atoms with Crippen molar-refractivity contribution in [3.63, 3.8) is 0 Å². The molecule has 5 heteroatoms. The Morgan fingerprint density at radius 1 is 1.28 bits per heavy atom. The Kier molecular flexibility index (Phi) is 4.89. The zero-order valence-electron chi connectivity index (χ0n) is 9.81. The van der Waals surface area contributed by atoms with Gasteiger partial charge < -0.3 is 5.32 Å². The molecule has 0 atom stereocenters. The van der Waals surface area contributed by atoms with Crippen molar-refractivity contribution in [3.05, 3.63) is 32.7 Å². The zero-order valence-corrected chi connectivity index (χ0v) is 14.6. The van der Waals surface area contributed by atoms with Crippen LogP contribution in [0.15, 0.2) is 27.1 Å². The molecule has 0 saturated heterocycles. The van der Waals surface area contributed by atoms with Gasteiger partial charge in [-0.2, -0.15) is 0 Å². The van der Waals surface area contributed by atoms with Crippen LogP contribution in [0.3, 0.4) is 0 Å². The average Bonchev–Trinajstić information content (AvgIpc) is 2.81. The number of hydrogen-bond acceptors (Lipinski definition) is 1. The maximum atomic E-state index is 12.4. The monoisotopic (exact) mass is 437 g/mol. The molecule has 0 aromatic heterocycles. The van der Waals surface area contributed by atoms with E-state index >= 15 is 0 Å². The average molecular weight is 440 g/mol. The van der Waals surface area contributed by atoms with Crippen LogP contribution in [0.5, 0.6) is 0 Å². The largest absolute Gasteiger partial charge is 0.346 e. The van der Waals surface area contributed by atoms with Gasteiger partial charge in [-0.05, 0) is 47.0 Å². The molecule has 2 nitrogen and oxygen atoms in total. The molecule has 1 amide bonds. The van der Waals surface area contributed by atoms with Crippen LogP contribution in [0.4, 0.5) is 0 Å². The van der Waals surface area contributed by atoms with Gasteiger partial charge in [-0.25, -0.2) is 0 Å². The summed E-state index contributed by atoms with van der Waals surface area (Å²) in [5.41, 5.74) is 0.607. The van der Waals surface area contributed by atoms with Crippen LogP contribution < -0.4 is 5.32 Å². The molecule has 1 saturated carbocycles. The van der Waals surface area contributed by atoms with Gasteiger partial charge in [-0.1, -0.05) is 44.7 Å². The van der Waals surface area contributed by atoms with Crippen molar-refractivity contribution in [1.29, 1.82) is 0 Å². The van der Waals surface area contributed by atoms with Crippen molar-refractivity contribution in [1.82, 2.24) is 5.32 Å². The fraction of sp³-hybridized carbons (Fsp3) is 0.462. The van der Waals surface area contributed by atoms with E-state index in [4.69, 9.17) is 0 Å². The first-order valence-electron chi connectivity index (χ1n) is 5.90. The van der Waals surface area contributed by atoms with Crippen LogP contribution >= 0.6 is 47.8 Å². The van der Waals surface area contributed by atoms with E-state index in [-0.39, 0.29) is 11.4 Å². The number of benzene rings is 1. The molecule has 1 aromatic carbocycles. The summed E-state index contributed by atoms with van der Waals surface area (Å²) in [6.45, 7) is 0. The van der Waals surface area contributed by atoms with Crippen molar-refractivity contribution in [2.24, 2.45) is 0 Å². The minimum absolute atomic E-state index is 0.00970. The highest BCUT2D eigenvalue weighted by Gasteiger charge is 2.34. The molecule has 0 radical (unpaired) electrons. The fourth-order valence-corrected chi connectivity index (χ4v) is 3.81. The van der Waals surface area contributed by atoms with Crippen molar-refractivity contribution in [2.45, 2.75) is 31.2 Å². The smallest absolute Gasteiger partial charge is 0.252 e. The van der Waals surface area contributed by atoms with Crippen molar-refractivity contribution < 1.29 is 4.79 Å². The number of carbonyl (C=O) groups excluding carboxylic acids is 1. The Balaban J connectivity index is 2.18. The summed E-state index contributed by atoms with van der Waals surface area (Å²) >= 11 is 10.4. The van der Waals surface area contributed by atoms with E-state index in [9.17, 15) is 4.79 Å². The molecule has 18 heavy (non-hydrogen) atoms. The lowest BCUT2D eigenvalue weighted by Crippen LogP contribution is -2.47. The number of carbonyl (C=O) groups is 1. The number of alkyl halides is 1. The van der Waals surface area contributed by atoms with E-state index in [1.807, 2.05) is 18.2 Å². The Morgan fingerprint density at radius 2 is 1.94 bits per heavy atom. The molecule has 1 aliphatic rings. The highest BCUT2D eigenvalue weighted by molar-refractivity contribution is 9.11. The molecule has 2 rings (SSSR count). The summed E-state index contributed by atoms with van der Waals surface area (Å²) in [5.74, 6) is -0.00970. The number of hydrogen-bond donors (Lipinski definition) is 1. The molecule has 0 unspecified atom stereocenters. The second-order valence-corrected chi connectivity index (χ2v) is 7.03. The lowest BCUT2D eigenvalue weighted by molar-refractivity contribution is 0.0909. The van der Waals surface area contributed by atoms with E-state index in [0.717, 1.165) is 27.1 Å². The van der Waals surface area contributed by atoms with Crippen molar-refractivity contribution in [3.8, 4) is 0 Å². The topological polar surface area (TPSA) is 29.1 Å². The minimum atomic E-state index is -0.0706. The molecule has 98 valence electrons. The van der Waals surface area contributed by atoms with E-state index < -0.39 is 0 Å². The van der Waals surface area contributed by atoms with E-state index in [0.29, 0.717) is 5.56 Å². The molecule has 1 aromatic rings. The summed E-state index contributed by atoms with van der Waals surface area (Å²) < 4.78 is 1.74. The molecule has 1 fully saturated rings. The molecule has 1 aliphatic carbocycles. The quantitative estimate of drug-likeness (QED) is 0.682. The van der Waals surface area contributed by atoms with E-state index in [2.05, 4.69) is 53.1 Å². The summed E-state index contributed by atoms with van der Waals surface area (Å²) in [7, 11) is 0. The lowest BCUT2D eigenvalue weighted by Gasteiger charge is -2.28. The number of halogens is 3. The van der Waals surface area contributed by atoms with Crippen LogP contribution in [0, 0.1) is 0 Å². The zero-order chi connectivity index (χ0) is 13.2. The van der Waals surface area contributed by atoms with Crippen molar-refractivity contribution in [2.75, 3.05) is 5.33 Å². The van der Waals surface area contributed by atoms with Crippen LogP contribution in [-0.4, -0.2) is 16.8 Å². The molecular formula is C13H14Br3NO. The molecule has 0 heterocycles. The second-order valence-electron chi connectivity index (χ2n) is 4.70. The predicted molar refractivity (Wildman–Crippen MR) is 84.3 cm³/mol. The van der Waals surface area contributed by atoms with Crippen LogP contribution in [-0.2, 0) is 0 Å². The summed E-state index contributed by atoms with van der Waals surface area (Å²) in [4.78, 5) is 12.4. The predicted octanol–water partition coefficient (Wildman–Crippen LogP) is 4.65. The lowest BCUT2D eigenvalue weighted by atomic mass is 10.00. The van der Waals surface area contributed by atoms with E-state index in [1.54, 1.807) is 0 Å². The maximum Gasteiger partial charge on any atom is 0.252 e. The van der Waals surface area contributed by atoms with Crippen LogP contribution in [0.25, 0.3) is 0 Å². The maximum absolute atomic E-state index is 12.4. The summed E-state index contributed by atoms with van der Waals surface area (Å²) in [6, 6.07) is 5.64. The van der Waals surface area contributed by atoms with Gasteiger partial charge in [0.25, 0.3) is 5.91 Å². The second kappa shape index (κ2) is 6.06. The van der Waals surface area contributed by atoms with Gasteiger partial charge in [0.15, 0.2) is 0 Å². The number of rotatable bonds is 3. The van der Waals surface area contributed by atoms with Gasteiger partial charge in [-0.3, -0.25) is 4.79 Å². The SMILES string of the molecule is O=C(NC1(CBr)CCCC1)c1cc(Br)ccc1Br. The van der Waals surface area contributed by atoms with E-state index in [1.165, 1.54) is 12.8 Å². The molecule has 0 bridgehead atoms. The first-order valence-corrected chi connectivity index (χ1v) is 8.61. The first kappa shape index (κ1) is 14.5. The van der Waals surface area contributed by atoms with Gasteiger partial charge in [0.1, 0.15) is 0 Å². The fourth-order valence-electron chi connectivity index (χ4n) is 2.32. The van der Waals surface area contributed by atoms with Gasteiger partial charge in [0.2, 0.25) is 0 Å². The Bertz CT molecular complexity index is 456. The summed E-state index contributed by atoms with van der Waals surface area (Å²) in [5, 5.41) is 4.01. The van der Waals surface area contributed by atoms with Crippen molar-refractivity contribution >= 4 is 53.7 Å². The third-order valence-corrected chi connectivity index (χ3v) is 5.63. The molecule has 1 N–H and O–H groups in total. The highest BCUT2D eigenvalue weighted by atomic mass is 79.9. The van der Waals surface area contributed by atoms with Gasteiger partial charge in [-0.15, -0.1) is 0 Å². The summed E-state index contributed by atoms with van der Waals surface area (Å²) in [6.07, 6.45) is 4.47. The Labute approximate surface area is 132 Å². The third kappa shape index (κ3) is 3.17. The number of nitrogens with one attached hydrogen (secondary N) is 1. The first-order chi connectivity index (χ1) is 8.56.